The van der Waals surface area contributed by atoms with Crippen LogP contribution in [0, 0.1) is 0 Å². The van der Waals surface area contributed by atoms with E-state index < -0.39 is 0 Å². The fourth-order valence-corrected chi connectivity index (χ4v) is 2.46. The summed E-state index contributed by atoms with van der Waals surface area (Å²) in [5.41, 5.74) is 2.06. The molecule has 3 N–H and O–H groups in total. The van der Waals surface area contributed by atoms with Gasteiger partial charge in [0.05, 0.1) is 0 Å². The quantitative estimate of drug-likeness (QED) is 0.760. The maximum atomic E-state index is 11.1. The third-order valence-corrected chi connectivity index (χ3v) is 3.54. The molecule has 1 fully saturated rings. The number of amides is 1. The van der Waals surface area contributed by atoms with Gasteiger partial charge in [0.15, 0.2) is 0 Å². The van der Waals surface area contributed by atoms with Crippen molar-refractivity contribution in [3.05, 3.63) is 29.8 Å². The van der Waals surface area contributed by atoms with Crippen molar-refractivity contribution in [3.63, 3.8) is 0 Å². The minimum Gasteiger partial charge on any atom is -0.326 e. The molecule has 0 aliphatic carbocycles. The molecule has 104 valence electrons. The van der Waals surface area contributed by atoms with Gasteiger partial charge in [0, 0.05) is 31.2 Å². The zero-order chi connectivity index (χ0) is 13.7. The lowest BCUT2D eigenvalue weighted by molar-refractivity contribution is -0.114. The fourth-order valence-electron chi connectivity index (χ4n) is 2.46. The van der Waals surface area contributed by atoms with Crippen LogP contribution in [0.5, 0.6) is 0 Å². The number of benzene rings is 1. The van der Waals surface area contributed by atoms with E-state index in [4.69, 9.17) is 0 Å². The SMILES string of the molecule is CC(=O)Nc1cccc(C(C)NCC2CCCN2)c1. The Morgan fingerprint density at radius 3 is 3.05 bits per heavy atom. The number of carbonyl (C=O) groups excluding carboxylic acids is 1. The summed E-state index contributed by atoms with van der Waals surface area (Å²) in [4.78, 5) is 11.1. The number of nitrogens with one attached hydrogen (secondary N) is 3. The predicted molar refractivity (Wildman–Crippen MR) is 78.2 cm³/mol. The van der Waals surface area contributed by atoms with Gasteiger partial charge in [-0.25, -0.2) is 0 Å². The second-order valence-corrected chi connectivity index (χ2v) is 5.23. The molecule has 1 aliphatic rings. The monoisotopic (exact) mass is 261 g/mol. The highest BCUT2D eigenvalue weighted by Gasteiger charge is 2.15. The first-order valence-corrected chi connectivity index (χ1v) is 6.99. The molecular weight excluding hydrogens is 238 g/mol. The molecule has 0 aromatic heterocycles. The number of rotatable bonds is 5. The Kier molecular flexibility index (Phi) is 4.93. The van der Waals surface area contributed by atoms with Crippen LogP contribution >= 0.6 is 0 Å². The fraction of sp³-hybridized carbons (Fsp3) is 0.533. The molecule has 0 spiro atoms. The predicted octanol–water partition coefficient (Wildman–Crippen LogP) is 2.05. The zero-order valence-corrected chi connectivity index (χ0v) is 11.7. The first-order valence-electron chi connectivity index (χ1n) is 6.99. The van der Waals surface area contributed by atoms with Crippen molar-refractivity contribution in [2.45, 2.75) is 38.8 Å². The van der Waals surface area contributed by atoms with E-state index in [2.05, 4.69) is 28.9 Å². The molecule has 1 amide bonds. The average molecular weight is 261 g/mol. The Hall–Kier alpha value is -1.39. The summed E-state index contributed by atoms with van der Waals surface area (Å²) >= 11 is 0. The van der Waals surface area contributed by atoms with E-state index in [1.165, 1.54) is 25.3 Å². The summed E-state index contributed by atoms with van der Waals surface area (Å²) in [5.74, 6) is -0.0343. The zero-order valence-electron chi connectivity index (χ0n) is 11.7. The highest BCUT2D eigenvalue weighted by molar-refractivity contribution is 5.88. The lowest BCUT2D eigenvalue weighted by atomic mass is 10.1. The van der Waals surface area contributed by atoms with E-state index in [-0.39, 0.29) is 11.9 Å². The molecule has 0 radical (unpaired) electrons. The van der Waals surface area contributed by atoms with E-state index in [1.54, 1.807) is 0 Å². The van der Waals surface area contributed by atoms with E-state index in [9.17, 15) is 4.79 Å². The highest BCUT2D eigenvalue weighted by atomic mass is 16.1. The summed E-state index contributed by atoms with van der Waals surface area (Å²) in [7, 11) is 0. The first kappa shape index (κ1) is 14.0. The Morgan fingerprint density at radius 2 is 2.37 bits per heavy atom. The van der Waals surface area contributed by atoms with Gasteiger partial charge in [-0.05, 0) is 44.0 Å². The number of anilines is 1. The second-order valence-electron chi connectivity index (χ2n) is 5.23. The average Bonchev–Trinajstić information content (AvgIpc) is 2.88. The molecule has 2 rings (SSSR count). The molecular formula is C15H23N3O. The van der Waals surface area contributed by atoms with Gasteiger partial charge in [0.25, 0.3) is 0 Å². The molecule has 2 atom stereocenters. The Balaban J connectivity index is 1.90. The molecule has 0 saturated carbocycles. The van der Waals surface area contributed by atoms with Gasteiger partial charge in [-0.2, -0.15) is 0 Å². The maximum Gasteiger partial charge on any atom is 0.221 e. The third-order valence-electron chi connectivity index (χ3n) is 3.54. The van der Waals surface area contributed by atoms with Crippen LogP contribution in [0.15, 0.2) is 24.3 Å². The maximum absolute atomic E-state index is 11.1. The molecule has 1 saturated heterocycles. The van der Waals surface area contributed by atoms with Crippen LogP contribution in [0.1, 0.15) is 38.3 Å². The van der Waals surface area contributed by atoms with Crippen molar-refractivity contribution in [2.24, 2.45) is 0 Å². The van der Waals surface area contributed by atoms with Gasteiger partial charge >= 0.3 is 0 Å². The van der Waals surface area contributed by atoms with Crippen molar-refractivity contribution in [3.8, 4) is 0 Å². The summed E-state index contributed by atoms with van der Waals surface area (Å²) in [5, 5.41) is 9.85. The van der Waals surface area contributed by atoms with Crippen LogP contribution in [0.25, 0.3) is 0 Å². The van der Waals surface area contributed by atoms with Crippen molar-refractivity contribution >= 4 is 11.6 Å². The molecule has 1 aromatic rings. The standard InChI is InChI=1S/C15H23N3O/c1-11(17-10-15-7-4-8-16-15)13-5-3-6-14(9-13)18-12(2)19/h3,5-6,9,11,15-17H,4,7-8,10H2,1-2H3,(H,18,19). The van der Waals surface area contributed by atoms with E-state index >= 15 is 0 Å². The third kappa shape index (κ3) is 4.33. The lowest BCUT2D eigenvalue weighted by Crippen LogP contribution is -2.35. The molecule has 1 heterocycles. The van der Waals surface area contributed by atoms with E-state index in [1.807, 2.05) is 18.2 Å². The first-order chi connectivity index (χ1) is 9.15. The van der Waals surface area contributed by atoms with Crippen molar-refractivity contribution in [1.29, 1.82) is 0 Å². The number of carbonyl (C=O) groups is 1. The molecule has 19 heavy (non-hydrogen) atoms. The second kappa shape index (κ2) is 6.68. The topological polar surface area (TPSA) is 53.2 Å². The van der Waals surface area contributed by atoms with Crippen LogP contribution < -0.4 is 16.0 Å². The van der Waals surface area contributed by atoms with Crippen LogP contribution in [0.4, 0.5) is 5.69 Å². The molecule has 4 nitrogen and oxygen atoms in total. The van der Waals surface area contributed by atoms with Gasteiger partial charge < -0.3 is 16.0 Å². The Labute approximate surface area is 115 Å². The summed E-state index contributed by atoms with van der Waals surface area (Å²) in [6.45, 7) is 5.81. The smallest absolute Gasteiger partial charge is 0.221 e. The van der Waals surface area contributed by atoms with Gasteiger partial charge in [-0.1, -0.05) is 12.1 Å². The van der Waals surface area contributed by atoms with Gasteiger partial charge in [-0.3, -0.25) is 4.79 Å². The summed E-state index contributed by atoms with van der Waals surface area (Å²) in [6, 6.07) is 8.90. The Morgan fingerprint density at radius 1 is 1.53 bits per heavy atom. The number of hydrogen-bond acceptors (Lipinski definition) is 3. The lowest BCUT2D eigenvalue weighted by Gasteiger charge is -2.18. The van der Waals surface area contributed by atoms with Crippen LogP contribution in [0.2, 0.25) is 0 Å². The van der Waals surface area contributed by atoms with Gasteiger partial charge in [0.1, 0.15) is 0 Å². The molecule has 4 heteroatoms. The number of hydrogen-bond donors (Lipinski definition) is 3. The summed E-state index contributed by atoms with van der Waals surface area (Å²) in [6.07, 6.45) is 2.53. The van der Waals surface area contributed by atoms with Crippen LogP contribution in [-0.2, 0) is 4.79 Å². The minimum atomic E-state index is -0.0343. The summed E-state index contributed by atoms with van der Waals surface area (Å²) < 4.78 is 0. The van der Waals surface area contributed by atoms with Gasteiger partial charge in [-0.15, -0.1) is 0 Å². The molecule has 1 aliphatic heterocycles. The normalized spacial score (nSPS) is 20.2. The van der Waals surface area contributed by atoms with Crippen LogP contribution in [0.3, 0.4) is 0 Å². The minimum absolute atomic E-state index is 0.0343. The highest BCUT2D eigenvalue weighted by Crippen LogP contribution is 2.17. The molecule has 2 unspecified atom stereocenters. The Bertz CT molecular complexity index is 427. The van der Waals surface area contributed by atoms with E-state index in [0.29, 0.717) is 6.04 Å². The van der Waals surface area contributed by atoms with Gasteiger partial charge in [0.2, 0.25) is 5.91 Å². The molecule has 1 aromatic carbocycles. The molecule has 0 bridgehead atoms. The van der Waals surface area contributed by atoms with Crippen molar-refractivity contribution < 1.29 is 4.79 Å². The van der Waals surface area contributed by atoms with Crippen molar-refractivity contribution in [1.82, 2.24) is 10.6 Å². The van der Waals surface area contributed by atoms with Crippen LogP contribution in [-0.4, -0.2) is 25.0 Å². The largest absolute Gasteiger partial charge is 0.326 e. The van der Waals surface area contributed by atoms with E-state index in [0.717, 1.165) is 18.8 Å². The van der Waals surface area contributed by atoms with Crippen molar-refractivity contribution in [2.75, 3.05) is 18.4 Å².